The maximum absolute atomic E-state index is 5.54. The van der Waals surface area contributed by atoms with Gasteiger partial charge in [0.25, 0.3) is 0 Å². The van der Waals surface area contributed by atoms with Gasteiger partial charge in [-0.25, -0.2) is 10.5 Å². The minimum Gasteiger partial charge on any atom is -0.480 e. The Bertz CT molecular complexity index is 668. The summed E-state index contributed by atoms with van der Waals surface area (Å²) in [5.41, 5.74) is 3.47. The van der Waals surface area contributed by atoms with E-state index >= 15 is 0 Å². The van der Waals surface area contributed by atoms with Gasteiger partial charge in [-0.15, -0.1) is 0 Å². The SMILES string of the molecule is COc1nc(C2=NC[C@@H](C)ON2)ccc1Br.Clc1ccccc1. The minimum atomic E-state index is 0.0843. The Kier molecular flexibility index (Phi) is 6.83. The predicted octanol–water partition coefficient (Wildman–Crippen LogP) is 3.86. The quantitative estimate of drug-likeness (QED) is 0.834. The summed E-state index contributed by atoms with van der Waals surface area (Å²) in [5, 5.41) is 0.794. The van der Waals surface area contributed by atoms with Crippen LogP contribution < -0.4 is 10.2 Å². The number of halogens is 2. The zero-order valence-corrected chi connectivity index (χ0v) is 15.1. The molecule has 0 spiro atoms. The standard InChI is InChI=1S/C10H12BrN3O2.C6H5Cl/c1-6-5-12-9(14-16-6)8-4-3-7(11)10(13-8)15-2;7-6-4-2-1-3-5-6/h3-4,6H,5H2,1-2H3,(H,12,14);1-5H/t6-;/m1./s1. The molecule has 0 amide bonds. The lowest BCUT2D eigenvalue weighted by Crippen LogP contribution is -2.36. The van der Waals surface area contributed by atoms with Gasteiger partial charge in [0.15, 0.2) is 5.84 Å². The van der Waals surface area contributed by atoms with Gasteiger partial charge < -0.3 is 4.74 Å². The van der Waals surface area contributed by atoms with Crippen molar-refractivity contribution in [3.63, 3.8) is 0 Å². The van der Waals surface area contributed by atoms with Gasteiger partial charge in [-0.2, -0.15) is 0 Å². The number of benzene rings is 1. The molecule has 0 aliphatic carbocycles. The van der Waals surface area contributed by atoms with Gasteiger partial charge in [-0.1, -0.05) is 29.8 Å². The van der Waals surface area contributed by atoms with Crippen molar-refractivity contribution in [2.75, 3.05) is 13.7 Å². The number of hydrogen-bond donors (Lipinski definition) is 1. The van der Waals surface area contributed by atoms with E-state index in [4.69, 9.17) is 21.2 Å². The number of nitrogens with one attached hydrogen (secondary N) is 1. The second-order valence-electron chi connectivity index (χ2n) is 4.70. The van der Waals surface area contributed by atoms with E-state index in [0.717, 1.165) is 9.50 Å². The van der Waals surface area contributed by atoms with Crippen LogP contribution in [-0.4, -0.2) is 30.6 Å². The highest BCUT2D eigenvalue weighted by molar-refractivity contribution is 9.10. The van der Waals surface area contributed by atoms with Gasteiger partial charge in [-0.3, -0.25) is 9.83 Å². The molecule has 0 radical (unpaired) electrons. The Morgan fingerprint density at radius 1 is 1.26 bits per heavy atom. The second kappa shape index (κ2) is 8.86. The van der Waals surface area contributed by atoms with E-state index in [1.807, 2.05) is 49.4 Å². The number of methoxy groups -OCH3 is 1. The van der Waals surface area contributed by atoms with Crippen LogP contribution in [0.25, 0.3) is 0 Å². The van der Waals surface area contributed by atoms with Crippen LogP contribution in [0.4, 0.5) is 0 Å². The van der Waals surface area contributed by atoms with Crippen LogP contribution in [0.15, 0.2) is 51.9 Å². The molecule has 0 saturated carbocycles. The summed E-state index contributed by atoms with van der Waals surface area (Å²) in [6, 6.07) is 13.2. The first-order chi connectivity index (χ1) is 11.1. The molecule has 1 aliphatic heterocycles. The third kappa shape index (κ3) is 5.49. The molecule has 0 saturated heterocycles. The van der Waals surface area contributed by atoms with Crippen molar-refractivity contribution in [1.82, 2.24) is 10.5 Å². The average Bonchev–Trinajstić information content (AvgIpc) is 2.57. The Morgan fingerprint density at radius 3 is 2.52 bits per heavy atom. The molecule has 0 unspecified atom stereocenters. The molecule has 2 aromatic rings. The van der Waals surface area contributed by atoms with E-state index < -0.39 is 0 Å². The largest absolute Gasteiger partial charge is 0.480 e. The number of aromatic nitrogens is 1. The topological polar surface area (TPSA) is 55.7 Å². The van der Waals surface area contributed by atoms with Gasteiger partial charge in [0.05, 0.1) is 18.1 Å². The molecule has 1 aromatic heterocycles. The van der Waals surface area contributed by atoms with Gasteiger partial charge in [0.1, 0.15) is 11.8 Å². The number of rotatable bonds is 2. The van der Waals surface area contributed by atoms with Crippen LogP contribution in [0.3, 0.4) is 0 Å². The van der Waals surface area contributed by atoms with Crippen molar-refractivity contribution in [3.8, 4) is 5.88 Å². The van der Waals surface area contributed by atoms with E-state index in [1.54, 1.807) is 7.11 Å². The van der Waals surface area contributed by atoms with Gasteiger partial charge in [0, 0.05) is 5.02 Å². The zero-order valence-electron chi connectivity index (χ0n) is 12.8. The van der Waals surface area contributed by atoms with Crippen molar-refractivity contribution in [3.05, 3.63) is 57.7 Å². The number of nitrogens with zero attached hydrogens (tertiary/aromatic N) is 2. The summed E-state index contributed by atoms with van der Waals surface area (Å²) in [6.45, 7) is 2.57. The number of hydroxylamine groups is 1. The van der Waals surface area contributed by atoms with Crippen molar-refractivity contribution < 1.29 is 9.57 Å². The summed E-state index contributed by atoms with van der Waals surface area (Å²) in [7, 11) is 1.57. The minimum absolute atomic E-state index is 0.0843. The number of hydrogen-bond acceptors (Lipinski definition) is 5. The van der Waals surface area contributed by atoms with E-state index in [-0.39, 0.29) is 6.10 Å². The molecule has 1 aromatic carbocycles. The predicted molar refractivity (Wildman–Crippen MR) is 95.0 cm³/mol. The monoisotopic (exact) mass is 397 g/mol. The Labute approximate surface area is 148 Å². The molecule has 7 heteroatoms. The van der Waals surface area contributed by atoms with Crippen LogP contribution >= 0.6 is 27.5 Å². The Morgan fingerprint density at radius 2 is 2.00 bits per heavy atom. The van der Waals surface area contributed by atoms with Crippen LogP contribution in [0.1, 0.15) is 12.6 Å². The first-order valence-electron chi connectivity index (χ1n) is 6.97. The summed E-state index contributed by atoms with van der Waals surface area (Å²) in [6.07, 6.45) is 0.0843. The molecule has 5 nitrogen and oxygen atoms in total. The highest BCUT2D eigenvalue weighted by Crippen LogP contribution is 2.22. The van der Waals surface area contributed by atoms with Crippen LogP contribution in [0.5, 0.6) is 5.88 Å². The lowest BCUT2D eigenvalue weighted by molar-refractivity contribution is 0.0182. The molecule has 1 N–H and O–H groups in total. The summed E-state index contributed by atoms with van der Waals surface area (Å²) in [5.74, 6) is 1.16. The summed E-state index contributed by atoms with van der Waals surface area (Å²) >= 11 is 8.88. The maximum atomic E-state index is 5.54. The summed E-state index contributed by atoms with van der Waals surface area (Å²) in [4.78, 5) is 13.9. The third-order valence-corrected chi connectivity index (χ3v) is 3.70. The Balaban J connectivity index is 0.000000229. The summed E-state index contributed by atoms with van der Waals surface area (Å²) < 4.78 is 5.93. The molecule has 23 heavy (non-hydrogen) atoms. The molecular weight excluding hydrogens is 382 g/mol. The molecule has 1 aliphatic rings. The molecule has 0 fully saturated rings. The first-order valence-corrected chi connectivity index (χ1v) is 8.15. The van der Waals surface area contributed by atoms with Crippen LogP contribution in [-0.2, 0) is 4.84 Å². The molecule has 122 valence electrons. The Hall–Kier alpha value is -1.63. The van der Waals surface area contributed by atoms with Crippen LogP contribution in [0, 0.1) is 0 Å². The smallest absolute Gasteiger partial charge is 0.228 e. The van der Waals surface area contributed by atoms with Gasteiger partial charge in [-0.05, 0) is 47.1 Å². The fourth-order valence-corrected chi connectivity index (χ4v) is 2.22. The molecule has 0 bridgehead atoms. The van der Waals surface area contributed by atoms with Crippen molar-refractivity contribution in [2.45, 2.75) is 13.0 Å². The maximum Gasteiger partial charge on any atom is 0.228 e. The number of ether oxygens (including phenoxy) is 1. The third-order valence-electron chi connectivity index (χ3n) is 2.85. The van der Waals surface area contributed by atoms with Gasteiger partial charge in [0.2, 0.25) is 5.88 Å². The lowest BCUT2D eigenvalue weighted by atomic mass is 10.3. The first kappa shape index (κ1) is 17.7. The normalized spacial score (nSPS) is 16.5. The zero-order chi connectivity index (χ0) is 16.7. The molecule has 3 rings (SSSR count). The number of aliphatic imine (C=N–C) groups is 1. The molecule has 2 heterocycles. The van der Waals surface area contributed by atoms with Crippen molar-refractivity contribution in [2.24, 2.45) is 4.99 Å². The average molecular weight is 399 g/mol. The number of amidine groups is 1. The van der Waals surface area contributed by atoms with E-state index in [9.17, 15) is 0 Å². The van der Waals surface area contributed by atoms with Crippen molar-refractivity contribution >= 4 is 33.4 Å². The van der Waals surface area contributed by atoms with E-state index in [2.05, 4.69) is 31.4 Å². The van der Waals surface area contributed by atoms with Crippen molar-refractivity contribution in [1.29, 1.82) is 0 Å². The number of pyridine rings is 1. The molecule has 1 atom stereocenters. The van der Waals surface area contributed by atoms with E-state index in [1.165, 1.54) is 0 Å². The van der Waals surface area contributed by atoms with Crippen LogP contribution in [0.2, 0.25) is 5.02 Å². The highest BCUT2D eigenvalue weighted by Gasteiger charge is 2.15. The highest BCUT2D eigenvalue weighted by atomic mass is 79.9. The molecular formula is C16H17BrClN3O2. The lowest BCUT2D eigenvalue weighted by Gasteiger charge is -2.19. The van der Waals surface area contributed by atoms with Gasteiger partial charge >= 0.3 is 0 Å². The fraction of sp³-hybridized carbons (Fsp3) is 0.250. The van der Waals surface area contributed by atoms with E-state index in [0.29, 0.717) is 24.0 Å². The fourth-order valence-electron chi connectivity index (χ4n) is 1.69. The second-order valence-corrected chi connectivity index (χ2v) is 5.99.